The van der Waals surface area contributed by atoms with Crippen LogP contribution in [0.25, 0.3) is 11.3 Å². The first-order chi connectivity index (χ1) is 11.6. The van der Waals surface area contributed by atoms with Crippen molar-refractivity contribution >= 4 is 27.5 Å². The molecule has 1 N–H and O–H groups in total. The van der Waals surface area contributed by atoms with E-state index < -0.39 is 0 Å². The lowest BCUT2D eigenvalue weighted by atomic mass is 10.1. The zero-order valence-electron chi connectivity index (χ0n) is 13.6. The van der Waals surface area contributed by atoms with Gasteiger partial charge in [0.1, 0.15) is 5.69 Å². The van der Waals surface area contributed by atoms with Gasteiger partial charge in [-0.2, -0.15) is 5.10 Å². The van der Waals surface area contributed by atoms with Gasteiger partial charge in [0.15, 0.2) is 0 Å². The molecule has 0 radical (unpaired) electrons. The molecule has 0 saturated carbocycles. The van der Waals surface area contributed by atoms with Gasteiger partial charge >= 0.3 is 0 Å². The largest absolute Gasteiger partial charge is 0.321 e. The van der Waals surface area contributed by atoms with Crippen LogP contribution in [0.15, 0.2) is 59.1 Å². The highest BCUT2D eigenvalue weighted by Crippen LogP contribution is 2.21. The number of halogens is 1. The smallest absolute Gasteiger partial charge is 0.273 e. The number of carbonyl (C=O) groups excluding carboxylic acids is 1. The summed E-state index contributed by atoms with van der Waals surface area (Å²) < 4.78 is 2.70. The molecule has 1 heterocycles. The fourth-order valence-electron chi connectivity index (χ4n) is 2.43. The maximum atomic E-state index is 12.6. The molecule has 3 aromatic rings. The van der Waals surface area contributed by atoms with Crippen molar-refractivity contribution in [3.05, 3.63) is 70.3 Å². The van der Waals surface area contributed by atoms with Gasteiger partial charge in [-0.1, -0.05) is 45.8 Å². The van der Waals surface area contributed by atoms with Gasteiger partial charge in [0.2, 0.25) is 0 Å². The summed E-state index contributed by atoms with van der Waals surface area (Å²) in [5.74, 6) is -0.162. The Morgan fingerprint density at radius 3 is 2.42 bits per heavy atom. The van der Waals surface area contributed by atoms with Crippen molar-refractivity contribution in [2.24, 2.45) is 0 Å². The Labute approximate surface area is 149 Å². The fourth-order valence-corrected chi connectivity index (χ4v) is 2.70. The molecule has 0 bridgehead atoms. The molecule has 1 aromatic heterocycles. The van der Waals surface area contributed by atoms with Gasteiger partial charge in [-0.05, 0) is 44.2 Å². The molecule has 3 rings (SSSR count). The third kappa shape index (κ3) is 3.57. The number of hydrogen-bond donors (Lipinski definition) is 1. The molecular formula is C19H18BrN3O. The molecule has 0 spiro atoms. The molecule has 0 fully saturated rings. The topological polar surface area (TPSA) is 46.9 Å². The fraction of sp³-hybridized carbons (Fsp3) is 0.158. The van der Waals surface area contributed by atoms with Crippen LogP contribution in [0, 0.1) is 6.92 Å². The quantitative estimate of drug-likeness (QED) is 0.696. The molecule has 24 heavy (non-hydrogen) atoms. The number of anilines is 1. The van der Waals surface area contributed by atoms with Gasteiger partial charge < -0.3 is 5.32 Å². The Kier molecular flexibility index (Phi) is 4.81. The highest BCUT2D eigenvalue weighted by atomic mass is 79.9. The van der Waals surface area contributed by atoms with E-state index in [1.54, 1.807) is 4.68 Å². The molecule has 0 atom stereocenters. The van der Waals surface area contributed by atoms with E-state index in [1.165, 1.54) is 5.56 Å². The van der Waals surface area contributed by atoms with Gasteiger partial charge in [-0.3, -0.25) is 9.48 Å². The SMILES string of the molecule is CCn1nc(-c2ccc(C)cc2)cc1C(=O)Nc1ccc(Br)cc1. The van der Waals surface area contributed by atoms with Crippen LogP contribution in [0.4, 0.5) is 5.69 Å². The molecule has 0 aliphatic rings. The number of hydrogen-bond acceptors (Lipinski definition) is 2. The summed E-state index contributed by atoms with van der Waals surface area (Å²) >= 11 is 3.39. The van der Waals surface area contributed by atoms with E-state index >= 15 is 0 Å². The minimum atomic E-state index is -0.162. The standard InChI is InChI=1S/C19H18BrN3O/c1-3-23-18(19(24)21-16-10-8-15(20)9-11-16)12-17(22-23)14-6-4-13(2)5-7-14/h4-12H,3H2,1-2H3,(H,21,24). The number of aryl methyl sites for hydroxylation is 2. The zero-order valence-corrected chi connectivity index (χ0v) is 15.2. The zero-order chi connectivity index (χ0) is 17.1. The van der Waals surface area contributed by atoms with Gasteiger partial charge in [0.05, 0.1) is 5.69 Å². The van der Waals surface area contributed by atoms with Crippen molar-refractivity contribution in [1.29, 1.82) is 0 Å². The minimum absolute atomic E-state index is 0.162. The number of benzene rings is 2. The number of nitrogens with one attached hydrogen (secondary N) is 1. The Bertz CT molecular complexity index is 851. The highest BCUT2D eigenvalue weighted by Gasteiger charge is 2.15. The van der Waals surface area contributed by atoms with Crippen molar-refractivity contribution in [2.45, 2.75) is 20.4 Å². The van der Waals surface area contributed by atoms with Crippen molar-refractivity contribution in [3.8, 4) is 11.3 Å². The number of amides is 1. The minimum Gasteiger partial charge on any atom is -0.321 e. The van der Waals surface area contributed by atoms with Crippen LogP contribution >= 0.6 is 15.9 Å². The van der Waals surface area contributed by atoms with Crippen molar-refractivity contribution in [3.63, 3.8) is 0 Å². The normalized spacial score (nSPS) is 10.6. The number of aromatic nitrogens is 2. The number of nitrogens with zero attached hydrogens (tertiary/aromatic N) is 2. The predicted octanol–water partition coefficient (Wildman–Crippen LogP) is 4.89. The average molecular weight is 384 g/mol. The van der Waals surface area contributed by atoms with E-state index in [4.69, 9.17) is 0 Å². The van der Waals surface area contributed by atoms with Crippen molar-refractivity contribution < 1.29 is 4.79 Å². The Morgan fingerprint density at radius 2 is 1.79 bits per heavy atom. The molecule has 0 unspecified atom stereocenters. The van der Waals surface area contributed by atoms with Gasteiger partial charge in [0, 0.05) is 22.3 Å². The van der Waals surface area contributed by atoms with E-state index in [-0.39, 0.29) is 5.91 Å². The second-order valence-corrected chi connectivity index (χ2v) is 6.47. The molecule has 0 aliphatic carbocycles. The molecule has 0 aliphatic heterocycles. The Morgan fingerprint density at radius 1 is 1.12 bits per heavy atom. The first kappa shape index (κ1) is 16.5. The summed E-state index contributed by atoms with van der Waals surface area (Å²) in [5.41, 5.74) is 4.31. The van der Waals surface area contributed by atoms with Crippen molar-refractivity contribution in [2.75, 3.05) is 5.32 Å². The van der Waals surface area contributed by atoms with Crippen LogP contribution in [0.1, 0.15) is 23.0 Å². The third-order valence-electron chi connectivity index (χ3n) is 3.76. The molecule has 1 amide bonds. The maximum absolute atomic E-state index is 12.6. The van der Waals surface area contributed by atoms with Gasteiger partial charge in [-0.15, -0.1) is 0 Å². The monoisotopic (exact) mass is 383 g/mol. The van der Waals surface area contributed by atoms with Gasteiger partial charge in [0.25, 0.3) is 5.91 Å². The molecule has 122 valence electrons. The summed E-state index contributed by atoms with van der Waals surface area (Å²) in [6.45, 7) is 4.66. The summed E-state index contributed by atoms with van der Waals surface area (Å²) in [5, 5.41) is 7.47. The number of carbonyl (C=O) groups is 1. The molecule has 4 nitrogen and oxygen atoms in total. The highest BCUT2D eigenvalue weighted by molar-refractivity contribution is 9.10. The summed E-state index contributed by atoms with van der Waals surface area (Å²) in [6.07, 6.45) is 0. The van der Waals surface area contributed by atoms with Crippen LogP contribution < -0.4 is 5.32 Å². The van der Waals surface area contributed by atoms with E-state index in [9.17, 15) is 4.79 Å². The lowest BCUT2D eigenvalue weighted by Crippen LogP contribution is -2.17. The lowest BCUT2D eigenvalue weighted by molar-refractivity contribution is 0.101. The summed E-state index contributed by atoms with van der Waals surface area (Å²) in [7, 11) is 0. The van der Waals surface area contributed by atoms with E-state index in [1.807, 2.05) is 68.4 Å². The lowest BCUT2D eigenvalue weighted by Gasteiger charge is -2.06. The molecule has 5 heteroatoms. The van der Waals surface area contributed by atoms with Crippen molar-refractivity contribution in [1.82, 2.24) is 9.78 Å². The Hall–Kier alpha value is -2.40. The van der Waals surface area contributed by atoms with E-state index in [0.29, 0.717) is 12.2 Å². The first-order valence-electron chi connectivity index (χ1n) is 7.78. The molecular weight excluding hydrogens is 366 g/mol. The van der Waals surface area contributed by atoms with Crippen LogP contribution in [-0.2, 0) is 6.54 Å². The first-order valence-corrected chi connectivity index (χ1v) is 8.58. The number of rotatable bonds is 4. The summed E-state index contributed by atoms with van der Waals surface area (Å²) in [6, 6.07) is 17.5. The second-order valence-electron chi connectivity index (χ2n) is 5.56. The maximum Gasteiger partial charge on any atom is 0.273 e. The summed E-state index contributed by atoms with van der Waals surface area (Å²) in [4.78, 5) is 12.6. The second kappa shape index (κ2) is 7.01. The predicted molar refractivity (Wildman–Crippen MR) is 100 cm³/mol. The Balaban J connectivity index is 1.88. The third-order valence-corrected chi connectivity index (χ3v) is 4.29. The van der Waals surface area contributed by atoms with Crippen LogP contribution in [0.5, 0.6) is 0 Å². The van der Waals surface area contributed by atoms with Crippen LogP contribution in [0.3, 0.4) is 0 Å². The van der Waals surface area contributed by atoms with E-state index in [2.05, 4.69) is 26.3 Å². The van der Waals surface area contributed by atoms with Crippen LogP contribution in [-0.4, -0.2) is 15.7 Å². The molecule has 2 aromatic carbocycles. The molecule has 0 saturated heterocycles. The van der Waals surface area contributed by atoms with Crippen LogP contribution in [0.2, 0.25) is 0 Å². The van der Waals surface area contributed by atoms with Gasteiger partial charge in [-0.25, -0.2) is 0 Å². The van der Waals surface area contributed by atoms with E-state index in [0.717, 1.165) is 21.4 Å². The average Bonchev–Trinajstić information content (AvgIpc) is 3.02.